The molecule has 0 saturated heterocycles. The van der Waals surface area contributed by atoms with Gasteiger partial charge in [0.25, 0.3) is 0 Å². The Morgan fingerprint density at radius 1 is 0.778 bits per heavy atom. The molecule has 6 heteroatoms. The van der Waals surface area contributed by atoms with Crippen LogP contribution in [0.3, 0.4) is 0 Å². The van der Waals surface area contributed by atoms with Crippen LogP contribution >= 0.6 is 0 Å². The zero-order valence-electron chi connectivity index (χ0n) is 8.18. The fourth-order valence-corrected chi connectivity index (χ4v) is 1.70. The Morgan fingerprint density at radius 2 is 1.17 bits per heavy atom. The molecule has 0 heterocycles. The van der Waals surface area contributed by atoms with Gasteiger partial charge in [-0.25, -0.2) is 9.59 Å². The van der Waals surface area contributed by atoms with Gasteiger partial charge in [-0.15, -0.1) is 0 Å². The Balaban J connectivity index is 0.00000144. The van der Waals surface area contributed by atoms with Gasteiger partial charge in [0.05, 0.1) is 11.1 Å². The van der Waals surface area contributed by atoms with Crippen LogP contribution in [-0.4, -0.2) is 59.9 Å². The first-order chi connectivity index (χ1) is 7.61. The quantitative estimate of drug-likeness (QED) is 0.755. The Kier molecular flexibility index (Phi) is 6.25. The molecule has 0 saturated carbocycles. The van der Waals surface area contributed by atoms with Crippen molar-refractivity contribution in [3.8, 4) is 0 Å². The summed E-state index contributed by atoms with van der Waals surface area (Å²) in [6.45, 7) is 0. The van der Waals surface area contributed by atoms with Crippen LogP contribution in [0.1, 0.15) is 20.7 Å². The Labute approximate surface area is 127 Å². The molecular formula is C12H10Li2O4. The Bertz CT molecular complexity index is 547. The van der Waals surface area contributed by atoms with Gasteiger partial charge in [-0.3, -0.25) is 0 Å². The first kappa shape index (κ1) is 16.8. The van der Waals surface area contributed by atoms with E-state index in [-0.39, 0.29) is 54.2 Å². The molecule has 0 aliphatic rings. The summed E-state index contributed by atoms with van der Waals surface area (Å²) in [6, 6.07) is 9.37. The molecular weight excluding hydrogens is 222 g/mol. The third kappa shape index (κ3) is 2.99. The molecule has 0 aliphatic carbocycles. The zero-order chi connectivity index (χ0) is 11.7. The van der Waals surface area contributed by atoms with E-state index in [9.17, 15) is 9.59 Å². The van der Waals surface area contributed by atoms with E-state index in [4.69, 9.17) is 10.2 Å². The molecule has 2 rings (SSSR count). The Morgan fingerprint density at radius 3 is 1.50 bits per heavy atom. The van der Waals surface area contributed by atoms with Crippen LogP contribution in [0.25, 0.3) is 10.8 Å². The molecule has 0 atom stereocenters. The summed E-state index contributed by atoms with van der Waals surface area (Å²) < 4.78 is 0. The van der Waals surface area contributed by atoms with Crippen molar-refractivity contribution >= 4 is 60.4 Å². The average Bonchev–Trinajstić information content (AvgIpc) is 2.27. The van der Waals surface area contributed by atoms with E-state index < -0.39 is 11.9 Å². The van der Waals surface area contributed by atoms with Crippen molar-refractivity contribution in [3.05, 3.63) is 47.5 Å². The van der Waals surface area contributed by atoms with Gasteiger partial charge in [0, 0.05) is 5.39 Å². The molecule has 0 amide bonds. The molecule has 0 aliphatic heterocycles. The Hall–Kier alpha value is -1.17. The normalized spacial score (nSPS) is 9.11. The number of rotatable bonds is 2. The van der Waals surface area contributed by atoms with Crippen molar-refractivity contribution in [2.24, 2.45) is 0 Å². The zero-order valence-corrected chi connectivity index (χ0v) is 8.18. The van der Waals surface area contributed by atoms with Crippen LogP contribution in [0.4, 0.5) is 0 Å². The van der Waals surface area contributed by atoms with E-state index in [0.29, 0.717) is 5.39 Å². The predicted octanol–water partition coefficient (Wildman–Crippen LogP) is 0.939. The molecule has 18 heavy (non-hydrogen) atoms. The number of carboxylic acid groups (broad SMARTS) is 2. The van der Waals surface area contributed by atoms with Crippen molar-refractivity contribution in [1.82, 2.24) is 0 Å². The number of fused-ring (bicyclic) bond motifs is 1. The summed E-state index contributed by atoms with van der Waals surface area (Å²) in [7, 11) is 0. The average molecular weight is 232 g/mol. The molecule has 0 spiro atoms. The van der Waals surface area contributed by atoms with Gasteiger partial charge in [-0.1, -0.05) is 24.3 Å². The van der Waals surface area contributed by atoms with Crippen LogP contribution in [-0.2, 0) is 0 Å². The van der Waals surface area contributed by atoms with Gasteiger partial charge >= 0.3 is 49.7 Å². The van der Waals surface area contributed by atoms with Crippen LogP contribution in [0.15, 0.2) is 36.4 Å². The molecule has 2 aromatic carbocycles. The molecule has 0 radical (unpaired) electrons. The minimum absolute atomic E-state index is 0. The van der Waals surface area contributed by atoms with Crippen LogP contribution in [0.5, 0.6) is 0 Å². The van der Waals surface area contributed by atoms with Gasteiger partial charge < -0.3 is 10.2 Å². The summed E-state index contributed by atoms with van der Waals surface area (Å²) >= 11 is 0. The van der Waals surface area contributed by atoms with Crippen molar-refractivity contribution < 1.29 is 19.8 Å². The number of aromatic carboxylic acids is 2. The summed E-state index contributed by atoms with van der Waals surface area (Å²) in [4.78, 5) is 22.0. The SMILES string of the molecule is O=C(O)c1cccc2cccc(C(=O)O)c12.[LiH].[LiH]. The van der Waals surface area contributed by atoms with Crippen LogP contribution in [0, 0.1) is 0 Å². The van der Waals surface area contributed by atoms with E-state index in [1.807, 2.05) is 0 Å². The van der Waals surface area contributed by atoms with E-state index in [1.54, 1.807) is 24.3 Å². The summed E-state index contributed by atoms with van der Waals surface area (Å²) in [5, 5.41) is 18.9. The predicted molar refractivity (Wildman–Crippen MR) is 72.2 cm³/mol. The van der Waals surface area contributed by atoms with E-state index in [0.717, 1.165) is 0 Å². The molecule has 2 N–H and O–H groups in total. The van der Waals surface area contributed by atoms with E-state index >= 15 is 0 Å². The number of hydrogen-bond acceptors (Lipinski definition) is 2. The maximum absolute atomic E-state index is 11.0. The van der Waals surface area contributed by atoms with Gasteiger partial charge in [0.15, 0.2) is 0 Å². The summed E-state index contributed by atoms with van der Waals surface area (Å²) in [6.07, 6.45) is 0. The number of carbonyl (C=O) groups is 2. The molecule has 0 bridgehead atoms. The molecule has 4 nitrogen and oxygen atoms in total. The van der Waals surface area contributed by atoms with Crippen molar-refractivity contribution in [1.29, 1.82) is 0 Å². The molecule has 0 fully saturated rings. The molecule has 84 valence electrons. The summed E-state index contributed by atoms with van der Waals surface area (Å²) in [5.41, 5.74) is 0.0194. The van der Waals surface area contributed by atoms with Crippen molar-refractivity contribution in [3.63, 3.8) is 0 Å². The number of carboxylic acids is 2. The fraction of sp³-hybridized carbons (Fsp3) is 0. The second kappa shape index (κ2) is 6.68. The molecule has 0 unspecified atom stereocenters. The minimum atomic E-state index is -1.13. The van der Waals surface area contributed by atoms with Crippen LogP contribution < -0.4 is 0 Å². The van der Waals surface area contributed by atoms with E-state index in [2.05, 4.69) is 0 Å². The first-order valence-electron chi connectivity index (χ1n) is 4.59. The van der Waals surface area contributed by atoms with Gasteiger partial charge in [-0.2, -0.15) is 0 Å². The standard InChI is InChI=1S/C12H8O4.2Li.2H/c13-11(14)8-5-1-3-7-4-2-6-9(10(7)8)12(15)16;;;;/h1-6H,(H,13,14)(H,15,16);;;;. The second-order valence-corrected chi connectivity index (χ2v) is 3.32. The first-order valence-corrected chi connectivity index (χ1v) is 4.59. The maximum atomic E-state index is 11.0. The monoisotopic (exact) mass is 232 g/mol. The van der Waals surface area contributed by atoms with Gasteiger partial charge in [-0.05, 0) is 17.5 Å². The third-order valence-electron chi connectivity index (χ3n) is 2.37. The summed E-state index contributed by atoms with van der Waals surface area (Å²) in [5.74, 6) is -2.25. The second-order valence-electron chi connectivity index (χ2n) is 3.32. The number of hydrogen-bond donors (Lipinski definition) is 2. The third-order valence-corrected chi connectivity index (χ3v) is 2.37. The van der Waals surface area contributed by atoms with Crippen molar-refractivity contribution in [2.75, 3.05) is 0 Å². The fourth-order valence-electron chi connectivity index (χ4n) is 1.70. The molecule has 2 aromatic rings. The van der Waals surface area contributed by atoms with E-state index in [1.165, 1.54) is 12.1 Å². The van der Waals surface area contributed by atoms with Crippen LogP contribution in [0.2, 0.25) is 0 Å². The van der Waals surface area contributed by atoms with Gasteiger partial charge in [0.1, 0.15) is 0 Å². The topological polar surface area (TPSA) is 74.6 Å². The molecule has 0 aromatic heterocycles. The van der Waals surface area contributed by atoms with Gasteiger partial charge in [0.2, 0.25) is 0 Å². The number of benzene rings is 2. The van der Waals surface area contributed by atoms with Crippen molar-refractivity contribution in [2.45, 2.75) is 0 Å².